The molecule has 1 N–H and O–H groups in total. The van der Waals surface area contributed by atoms with Gasteiger partial charge < -0.3 is 4.90 Å². The smallest absolute Gasteiger partial charge is 0.330 e. The first kappa shape index (κ1) is 18.5. The zero-order valence-electron chi connectivity index (χ0n) is 14.9. The van der Waals surface area contributed by atoms with E-state index in [9.17, 15) is 9.59 Å². The molecule has 1 amide bonds. The number of aromatic nitrogens is 3. The summed E-state index contributed by atoms with van der Waals surface area (Å²) in [7, 11) is 0. The molecule has 1 aliphatic heterocycles. The molecule has 0 saturated heterocycles. The molecule has 0 saturated carbocycles. The van der Waals surface area contributed by atoms with Gasteiger partial charge in [0.25, 0.3) is 0 Å². The highest BCUT2D eigenvalue weighted by atomic mass is 32.2. The second-order valence-electron chi connectivity index (χ2n) is 6.31. The molecule has 0 radical (unpaired) electrons. The van der Waals surface area contributed by atoms with Crippen LogP contribution in [0.1, 0.15) is 34.7 Å². The van der Waals surface area contributed by atoms with Gasteiger partial charge in [-0.2, -0.15) is 0 Å². The van der Waals surface area contributed by atoms with E-state index in [2.05, 4.69) is 33.1 Å². The van der Waals surface area contributed by atoms with Crippen molar-refractivity contribution in [3.05, 3.63) is 54.8 Å². The van der Waals surface area contributed by atoms with Gasteiger partial charge >= 0.3 is 5.69 Å². The molecule has 0 aromatic carbocycles. The predicted molar refractivity (Wildman–Crippen MR) is 110 cm³/mol. The Labute approximate surface area is 169 Å². The molecule has 0 spiro atoms. The molecule has 4 rings (SSSR count). The van der Waals surface area contributed by atoms with Crippen LogP contribution in [0.15, 0.2) is 38.9 Å². The molecule has 27 heavy (non-hydrogen) atoms. The van der Waals surface area contributed by atoms with E-state index in [-0.39, 0.29) is 23.4 Å². The van der Waals surface area contributed by atoms with Crippen LogP contribution < -0.4 is 5.69 Å². The summed E-state index contributed by atoms with van der Waals surface area (Å²) in [5.74, 6) is 0.351. The number of aromatic amines is 1. The highest BCUT2D eigenvalue weighted by Gasteiger charge is 2.33. The van der Waals surface area contributed by atoms with Gasteiger partial charge in [0.1, 0.15) is 0 Å². The van der Waals surface area contributed by atoms with Crippen LogP contribution in [0.5, 0.6) is 0 Å². The Morgan fingerprint density at radius 2 is 2.26 bits per heavy atom. The number of carbonyl (C=O) groups is 1. The second kappa shape index (κ2) is 8.04. The molecule has 6 nitrogen and oxygen atoms in total. The van der Waals surface area contributed by atoms with Gasteiger partial charge in [0, 0.05) is 22.8 Å². The number of thioether (sulfide) groups is 1. The topological polar surface area (TPSA) is 71.0 Å². The van der Waals surface area contributed by atoms with E-state index in [4.69, 9.17) is 0 Å². The Bertz CT molecular complexity index is 973. The van der Waals surface area contributed by atoms with Crippen molar-refractivity contribution >= 4 is 40.3 Å². The Morgan fingerprint density at radius 1 is 1.37 bits per heavy atom. The van der Waals surface area contributed by atoms with Crippen molar-refractivity contribution in [2.45, 2.75) is 37.5 Å². The van der Waals surface area contributed by atoms with Crippen molar-refractivity contribution in [2.24, 2.45) is 0 Å². The number of hydrogen-bond donors (Lipinski definition) is 1. The minimum absolute atomic E-state index is 0.00915. The third-order valence-corrected chi connectivity index (χ3v) is 7.48. The fraction of sp³-hybridized carbons (Fsp3) is 0.389. The quantitative estimate of drug-likeness (QED) is 0.621. The van der Waals surface area contributed by atoms with Crippen LogP contribution in [0.2, 0.25) is 0 Å². The standard InChI is InChI=1S/C18H20N4O2S3/c1-2-7-22-17(24)19-20-18(22)27-11-15(23)21-8-5-13-12(6-10-26-13)16(21)14-4-3-9-25-14/h3-4,6,9-10,16H,2,5,7-8,11H2,1H3,(H,19,24). The van der Waals surface area contributed by atoms with Crippen LogP contribution in [-0.4, -0.2) is 37.9 Å². The summed E-state index contributed by atoms with van der Waals surface area (Å²) >= 11 is 4.78. The van der Waals surface area contributed by atoms with Crippen molar-refractivity contribution in [3.8, 4) is 0 Å². The average molecular weight is 421 g/mol. The Hall–Kier alpha value is -1.84. The van der Waals surface area contributed by atoms with E-state index in [0.29, 0.717) is 11.7 Å². The normalized spacial score (nSPS) is 16.5. The molecule has 1 atom stereocenters. The zero-order valence-corrected chi connectivity index (χ0v) is 17.3. The van der Waals surface area contributed by atoms with E-state index in [1.54, 1.807) is 27.2 Å². The van der Waals surface area contributed by atoms with Crippen LogP contribution in [0.3, 0.4) is 0 Å². The number of nitrogens with zero attached hydrogens (tertiary/aromatic N) is 3. The van der Waals surface area contributed by atoms with E-state index < -0.39 is 0 Å². The fourth-order valence-electron chi connectivity index (χ4n) is 3.38. The first-order chi connectivity index (χ1) is 13.2. The highest BCUT2D eigenvalue weighted by Crippen LogP contribution is 2.39. The molecule has 4 heterocycles. The average Bonchev–Trinajstić information content (AvgIpc) is 3.41. The predicted octanol–water partition coefficient (Wildman–Crippen LogP) is 3.37. The minimum Gasteiger partial charge on any atom is -0.330 e. The summed E-state index contributed by atoms with van der Waals surface area (Å²) < 4.78 is 1.60. The Kier molecular flexibility index (Phi) is 5.51. The maximum Gasteiger partial charge on any atom is 0.343 e. The summed E-state index contributed by atoms with van der Waals surface area (Å²) in [5.41, 5.74) is 1.03. The van der Waals surface area contributed by atoms with Gasteiger partial charge in [-0.1, -0.05) is 24.8 Å². The number of thiophene rings is 2. The summed E-state index contributed by atoms with van der Waals surface area (Å²) in [4.78, 5) is 29.4. The van der Waals surface area contributed by atoms with Gasteiger partial charge in [-0.15, -0.1) is 27.8 Å². The Morgan fingerprint density at radius 3 is 3.04 bits per heavy atom. The lowest BCUT2D eigenvalue weighted by Crippen LogP contribution is -2.40. The van der Waals surface area contributed by atoms with Crippen LogP contribution in [0.4, 0.5) is 0 Å². The SMILES string of the molecule is CCCn1c(SCC(=O)N2CCc3sccc3C2c2cccs2)n[nH]c1=O. The summed E-state index contributed by atoms with van der Waals surface area (Å²) in [5, 5.41) is 11.3. The van der Waals surface area contributed by atoms with Gasteiger partial charge in [0.2, 0.25) is 5.91 Å². The van der Waals surface area contributed by atoms with Crippen molar-refractivity contribution in [1.29, 1.82) is 0 Å². The molecule has 1 unspecified atom stereocenters. The lowest BCUT2D eigenvalue weighted by Gasteiger charge is -2.35. The molecule has 0 fully saturated rings. The van der Waals surface area contributed by atoms with Gasteiger partial charge in [0.15, 0.2) is 5.16 Å². The van der Waals surface area contributed by atoms with Crippen molar-refractivity contribution in [1.82, 2.24) is 19.7 Å². The van der Waals surface area contributed by atoms with Crippen molar-refractivity contribution in [2.75, 3.05) is 12.3 Å². The maximum atomic E-state index is 13.1. The number of H-pyrrole nitrogens is 1. The minimum atomic E-state index is -0.218. The molecule has 3 aromatic rings. The van der Waals surface area contributed by atoms with Crippen LogP contribution in [0, 0.1) is 0 Å². The second-order valence-corrected chi connectivity index (χ2v) is 9.23. The monoisotopic (exact) mass is 420 g/mol. The third-order valence-electron chi connectivity index (χ3n) is 4.59. The van der Waals surface area contributed by atoms with Crippen LogP contribution in [0.25, 0.3) is 0 Å². The van der Waals surface area contributed by atoms with Gasteiger partial charge in [-0.05, 0) is 41.3 Å². The van der Waals surface area contributed by atoms with Crippen LogP contribution >= 0.6 is 34.4 Å². The van der Waals surface area contributed by atoms with Gasteiger partial charge in [-0.25, -0.2) is 9.89 Å². The highest BCUT2D eigenvalue weighted by molar-refractivity contribution is 7.99. The number of carbonyl (C=O) groups excluding carboxylic acids is 1. The van der Waals surface area contributed by atoms with Gasteiger partial charge in [-0.3, -0.25) is 9.36 Å². The molecule has 3 aromatic heterocycles. The summed E-state index contributed by atoms with van der Waals surface area (Å²) in [6.07, 6.45) is 1.74. The Balaban J connectivity index is 1.54. The van der Waals surface area contributed by atoms with E-state index >= 15 is 0 Å². The van der Waals surface area contributed by atoms with Crippen LogP contribution in [-0.2, 0) is 17.8 Å². The first-order valence-electron chi connectivity index (χ1n) is 8.86. The third kappa shape index (κ3) is 3.63. The zero-order chi connectivity index (χ0) is 18.8. The lowest BCUT2D eigenvalue weighted by atomic mass is 9.98. The maximum absolute atomic E-state index is 13.1. The van der Waals surface area contributed by atoms with E-state index in [1.807, 2.05) is 17.9 Å². The molecular weight excluding hydrogens is 400 g/mol. The molecule has 9 heteroatoms. The fourth-order valence-corrected chi connectivity index (χ4v) is 6.00. The number of hydrogen-bond acceptors (Lipinski definition) is 6. The molecule has 1 aliphatic rings. The number of rotatable bonds is 6. The number of nitrogens with one attached hydrogen (secondary N) is 1. The largest absolute Gasteiger partial charge is 0.343 e. The summed E-state index contributed by atoms with van der Waals surface area (Å²) in [6, 6.07) is 6.27. The molecule has 0 bridgehead atoms. The molecule has 0 aliphatic carbocycles. The molecule has 142 valence electrons. The number of fused-ring (bicyclic) bond motifs is 1. The van der Waals surface area contributed by atoms with Gasteiger partial charge in [0.05, 0.1) is 11.8 Å². The lowest BCUT2D eigenvalue weighted by molar-refractivity contribution is -0.130. The first-order valence-corrected chi connectivity index (χ1v) is 11.6. The van der Waals surface area contributed by atoms with Crippen molar-refractivity contribution in [3.63, 3.8) is 0 Å². The van der Waals surface area contributed by atoms with E-state index in [1.165, 1.54) is 27.1 Å². The number of amides is 1. The van der Waals surface area contributed by atoms with Crippen molar-refractivity contribution < 1.29 is 4.79 Å². The molecular formula is C18H20N4O2S3. The summed E-state index contributed by atoms with van der Waals surface area (Å²) in [6.45, 7) is 3.33. The van der Waals surface area contributed by atoms with E-state index in [0.717, 1.165) is 19.4 Å².